The van der Waals surface area contributed by atoms with Gasteiger partial charge >= 0.3 is 0 Å². The Balaban J connectivity index is 1.43. The van der Waals surface area contributed by atoms with Gasteiger partial charge in [-0.3, -0.25) is 5.43 Å². The summed E-state index contributed by atoms with van der Waals surface area (Å²) >= 11 is 6.86. The molecule has 4 rings (SSSR count). The van der Waals surface area contributed by atoms with Crippen molar-refractivity contribution in [3.05, 3.63) is 83.9 Å². The number of hydrogen-bond acceptors (Lipinski definition) is 4. The van der Waals surface area contributed by atoms with Crippen LogP contribution in [-0.4, -0.2) is 20.8 Å². The van der Waals surface area contributed by atoms with Crippen molar-refractivity contribution in [1.29, 1.82) is 0 Å². The van der Waals surface area contributed by atoms with Crippen molar-refractivity contribution < 1.29 is 4.39 Å². The molecule has 4 aromatic rings. The van der Waals surface area contributed by atoms with Crippen LogP contribution in [0.3, 0.4) is 0 Å². The zero-order chi connectivity index (χ0) is 21.8. The maximum Gasteiger partial charge on any atom is 0.191 e. The zero-order valence-electron chi connectivity index (χ0n) is 16.9. The van der Waals surface area contributed by atoms with E-state index in [1.165, 1.54) is 17.7 Å². The number of aromatic amines is 1. The molecule has 8 heteroatoms. The highest BCUT2D eigenvalue weighted by atomic mass is 32.2. The van der Waals surface area contributed by atoms with Crippen molar-refractivity contribution >= 4 is 51.5 Å². The minimum absolute atomic E-state index is 0.241. The predicted octanol–water partition coefficient (Wildman–Crippen LogP) is 5.87. The summed E-state index contributed by atoms with van der Waals surface area (Å²) in [6.45, 7) is 3.89. The van der Waals surface area contributed by atoms with Crippen LogP contribution in [0.4, 0.5) is 10.1 Å². The Hall–Kier alpha value is -3.23. The Morgan fingerprint density at radius 1 is 1.03 bits per heavy atom. The maximum atomic E-state index is 13.1. The molecule has 0 atom stereocenters. The summed E-state index contributed by atoms with van der Waals surface area (Å²) in [5, 5.41) is 7.82. The zero-order valence-corrected chi connectivity index (χ0v) is 18.6. The van der Waals surface area contributed by atoms with Crippen LogP contribution >= 0.6 is 24.0 Å². The fraction of sp³-hybridized carbons (Fsp3) is 0.0870. The predicted molar refractivity (Wildman–Crippen MR) is 129 cm³/mol. The van der Waals surface area contributed by atoms with E-state index in [1.54, 1.807) is 23.9 Å². The number of thiocarbonyl (C=S) groups is 1. The first-order chi connectivity index (χ1) is 15.0. The minimum Gasteiger partial charge on any atom is -0.337 e. The van der Waals surface area contributed by atoms with Gasteiger partial charge in [0.1, 0.15) is 11.5 Å². The number of aryl methyl sites for hydroxylation is 1. The molecule has 3 N–H and O–H groups in total. The molecule has 0 spiro atoms. The van der Waals surface area contributed by atoms with Crippen LogP contribution in [0.2, 0.25) is 0 Å². The molecular formula is C23H20FN5S2. The molecule has 0 saturated carbocycles. The number of hydrogen-bond donors (Lipinski definition) is 3. The van der Waals surface area contributed by atoms with Gasteiger partial charge in [-0.25, -0.2) is 9.37 Å². The lowest BCUT2D eigenvalue weighted by atomic mass is 10.2. The van der Waals surface area contributed by atoms with Gasteiger partial charge in [0.05, 0.1) is 11.0 Å². The number of aromatic nitrogens is 2. The van der Waals surface area contributed by atoms with Crippen LogP contribution in [0.1, 0.15) is 18.3 Å². The number of rotatable bonds is 5. The molecule has 0 aliphatic carbocycles. The molecule has 0 bridgehead atoms. The summed E-state index contributed by atoms with van der Waals surface area (Å²) in [5.74, 6) is 0.416. The minimum atomic E-state index is -0.241. The molecule has 0 aliphatic heterocycles. The molecule has 0 saturated heterocycles. The van der Waals surface area contributed by atoms with E-state index in [1.807, 2.05) is 56.3 Å². The van der Waals surface area contributed by atoms with Crippen molar-refractivity contribution in [2.24, 2.45) is 5.10 Å². The van der Waals surface area contributed by atoms with E-state index in [0.717, 1.165) is 26.5 Å². The van der Waals surface area contributed by atoms with Crippen LogP contribution in [0.5, 0.6) is 0 Å². The lowest BCUT2D eigenvalue weighted by Crippen LogP contribution is -2.25. The third-order valence-electron chi connectivity index (χ3n) is 4.48. The summed E-state index contributed by atoms with van der Waals surface area (Å²) in [5.41, 5.74) is 7.35. The van der Waals surface area contributed by atoms with Gasteiger partial charge in [-0.1, -0.05) is 29.5 Å². The monoisotopic (exact) mass is 449 g/mol. The number of fused-ring (bicyclic) bond motifs is 1. The van der Waals surface area contributed by atoms with Gasteiger partial charge in [0.15, 0.2) is 10.9 Å². The molecule has 1 heterocycles. The van der Waals surface area contributed by atoms with Crippen molar-refractivity contribution in [2.75, 3.05) is 5.32 Å². The van der Waals surface area contributed by atoms with E-state index in [2.05, 4.69) is 25.8 Å². The van der Waals surface area contributed by atoms with Crippen molar-refractivity contribution in [3.8, 4) is 0 Å². The fourth-order valence-electron chi connectivity index (χ4n) is 2.85. The molecule has 0 unspecified atom stereocenters. The highest BCUT2D eigenvalue weighted by Crippen LogP contribution is 2.29. The molecule has 0 amide bonds. The standard InChI is InChI=1S/C23H20FN5S2/c1-14-3-7-17(8-4-14)25-23(30)29-28-15(2)22-26-20-12-11-19(13-21(20)27-22)31-18-9-5-16(24)6-10-18/h3-13H,1-2H3,(H,26,27)(H2,25,29,30)/b28-15+. The van der Waals surface area contributed by atoms with Crippen LogP contribution in [0.25, 0.3) is 11.0 Å². The molecule has 5 nitrogen and oxygen atoms in total. The number of H-pyrrole nitrogens is 1. The smallest absolute Gasteiger partial charge is 0.191 e. The van der Waals surface area contributed by atoms with E-state index in [9.17, 15) is 4.39 Å². The third kappa shape index (κ3) is 5.48. The first kappa shape index (κ1) is 21.0. The van der Waals surface area contributed by atoms with Crippen LogP contribution in [0.15, 0.2) is 81.6 Å². The van der Waals surface area contributed by atoms with E-state index < -0.39 is 0 Å². The van der Waals surface area contributed by atoms with E-state index in [4.69, 9.17) is 12.2 Å². The summed E-state index contributed by atoms with van der Waals surface area (Å²) in [6, 6.07) is 20.3. The quantitative estimate of drug-likeness (QED) is 0.202. The lowest BCUT2D eigenvalue weighted by Gasteiger charge is -2.07. The number of imidazole rings is 1. The van der Waals surface area contributed by atoms with Crippen molar-refractivity contribution in [1.82, 2.24) is 15.4 Å². The molecule has 0 radical (unpaired) electrons. The first-order valence-corrected chi connectivity index (χ1v) is 10.8. The van der Waals surface area contributed by atoms with E-state index in [0.29, 0.717) is 16.6 Å². The SMILES string of the molecule is C/C(=N\NC(=S)Nc1ccc(C)cc1)c1nc2ccc(Sc3ccc(F)cc3)cc2[nH]1. The van der Waals surface area contributed by atoms with E-state index in [-0.39, 0.29) is 5.82 Å². The molecule has 31 heavy (non-hydrogen) atoms. The number of nitrogens with one attached hydrogen (secondary N) is 3. The Morgan fingerprint density at radius 2 is 1.74 bits per heavy atom. The first-order valence-electron chi connectivity index (χ1n) is 9.58. The number of benzene rings is 3. The number of anilines is 1. The second-order valence-corrected chi connectivity index (χ2v) is 8.50. The summed E-state index contributed by atoms with van der Waals surface area (Å²) in [6.07, 6.45) is 0. The lowest BCUT2D eigenvalue weighted by molar-refractivity contribution is 0.626. The van der Waals surface area contributed by atoms with Crippen LogP contribution in [0, 0.1) is 12.7 Å². The van der Waals surface area contributed by atoms with Gasteiger partial charge in [-0.2, -0.15) is 5.10 Å². The number of nitrogens with zero attached hydrogens (tertiary/aromatic N) is 2. The Labute approximate surface area is 189 Å². The van der Waals surface area contributed by atoms with Gasteiger partial charge < -0.3 is 10.3 Å². The Morgan fingerprint density at radius 3 is 2.48 bits per heavy atom. The number of hydrazone groups is 1. The second-order valence-electron chi connectivity index (χ2n) is 6.95. The Kier molecular flexibility index (Phi) is 6.29. The topological polar surface area (TPSA) is 65.1 Å². The van der Waals surface area contributed by atoms with Gasteiger partial charge in [0, 0.05) is 15.5 Å². The molecule has 0 aliphatic rings. The van der Waals surface area contributed by atoms with Gasteiger partial charge in [0.2, 0.25) is 0 Å². The second kappa shape index (κ2) is 9.28. The molecule has 156 valence electrons. The average molecular weight is 450 g/mol. The maximum absolute atomic E-state index is 13.1. The van der Waals surface area contributed by atoms with Gasteiger partial charge in [-0.15, -0.1) is 0 Å². The summed E-state index contributed by atoms with van der Waals surface area (Å²) < 4.78 is 13.1. The molecular weight excluding hydrogens is 429 g/mol. The van der Waals surface area contributed by atoms with E-state index >= 15 is 0 Å². The van der Waals surface area contributed by atoms with Gasteiger partial charge in [0.25, 0.3) is 0 Å². The Bertz CT molecular complexity index is 1250. The van der Waals surface area contributed by atoms with Crippen molar-refractivity contribution in [2.45, 2.75) is 23.6 Å². The van der Waals surface area contributed by atoms with Crippen LogP contribution in [-0.2, 0) is 0 Å². The number of halogens is 1. The third-order valence-corrected chi connectivity index (χ3v) is 5.67. The van der Waals surface area contributed by atoms with Gasteiger partial charge in [-0.05, 0) is 80.7 Å². The average Bonchev–Trinajstić information content (AvgIpc) is 3.19. The van der Waals surface area contributed by atoms with Crippen LogP contribution < -0.4 is 10.7 Å². The molecule has 3 aromatic carbocycles. The van der Waals surface area contributed by atoms with Crippen molar-refractivity contribution in [3.63, 3.8) is 0 Å². The summed E-state index contributed by atoms with van der Waals surface area (Å²) in [4.78, 5) is 9.89. The highest BCUT2D eigenvalue weighted by Gasteiger charge is 2.08. The highest BCUT2D eigenvalue weighted by molar-refractivity contribution is 7.99. The summed E-state index contributed by atoms with van der Waals surface area (Å²) in [7, 11) is 0. The normalized spacial score (nSPS) is 11.5. The fourth-order valence-corrected chi connectivity index (χ4v) is 3.87. The largest absolute Gasteiger partial charge is 0.337 e. The molecule has 1 aromatic heterocycles. The molecule has 0 fully saturated rings.